The SMILES string of the molecule is CCN(C[C@@]12CC[C@@H](/C(=C/C(=N)c3c(F)cccc3F)C1=N)C2(C)C)C(=O)c1nocc1C. The number of benzene rings is 1. The summed E-state index contributed by atoms with van der Waals surface area (Å²) in [5.41, 5.74) is 0.218. The summed E-state index contributed by atoms with van der Waals surface area (Å²) in [6.45, 7) is 8.57. The van der Waals surface area contributed by atoms with Crippen LogP contribution in [-0.4, -0.2) is 40.5 Å². The first-order valence-electron chi connectivity index (χ1n) is 11.1. The Labute approximate surface area is 191 Å². The third-order valence-electron chi connectivity index (χ3n) is 7.72. The molecule has 0 radical (unpaired) electrons. The Morgan fingerprint density at radius 1 is 1.33 bits per heavy atom. The van der Waals surface area contributed by atoms with Crippen LogP contribution in [0.1, 0.15) is 55.2 Å². The Hall–Kier alpha value is -3.16. The van der Waals surface area contributed by atoms with Crippen LogP contribution in [0.5, 0.6) is 0 Å². The minimum atomic E-state index is -0.800. The fraction of sp³-hybridized carbons (Fsp3) is 0.440. The maximum Gasteiger partial charge on any atom is 0.276 e. The molecule has 0 spiro atoms. The van der Waals surface area contributed by atoms with E-state index >= 15 is 0 Å². The van der Waals surface area contributed by atoms with Crippen LogP contribution >= 0.6 is 0 Å². The summed E-state index contributed by atoms with van der Waals surface area (Å²) in [6.07, 6.45) is 4.38. The highest BCUT2D eigenvalue weighted by atomic mass is 19.1. The van der Waals surface area contributed by atoms with Crippen molar-refractivity contribution in [2.24, 2.45) is 16.7 Å². The van der Waals surface area contributed by atoms with Gasteiger partial charge in [-0.3, -0.25) is 4.79 Å². The molecule has 2 atom stereocenters. The van der Waals surface area contributed by atoms with Crippen molar-refractivity contribution in [3.8, 4) is 0 Å². The average Bonchev–Trinajstić information content (AvgIpc) is 3.33. The van der Waals surface area contributed by atoms with E-state index in [0.717, 1.165) is 25.0 Å². The second-order valence-electron chi connectivity index (χ2n) is 9.55. The van der Waals surface area contributed by atoms with E-state index in [9.17, 15) is 13.6 Å². The molecular weight excluding hydrogens is 426 g/mol. The van der Waals surface area contributed by atoms with Gasteiger partial charge in [-0.1, -0.05) is 25.1 Å². The van der Waals surface area contributed by atoms with Crippen LogP contribution in [0.15, 0.2) is 40.6 Å². The number of allylic oxidation sites excluding steroid dienone is 2. The van der Waals surface area contributed by atoms with Gasteiger partial charge < -0.3 is 20.2 Å². The third-order valence-corrected chi connectivity index (χ3v) is 7.72. The molecule has 8 heteroatoms. The molecule has 6 nitrogen and oxygen atoms in total. The molecule has 2 aromatic rings. The van der Waals surface area contributed by atoms with Crippen molar-refractivity contribution < 1.29 is 18.1 Å². The number of nitrogens with zero attached hydrogens (tertiary/aromatic N) is 2. The van der Waals surface area contributed by atoms with Crippen molar-refractivity contribution in [2.75, 3.05) is 13.1 Å². The van der Waals surface area contributed by atoms with E-state index < -0.39 is 17.0 Å². The lowest BCUT2D eigenvalue weighted by Crippen LogP contribution is -2.48. The zero-order chi connectivity index (χ0) is 24.1. The zero-order valence-corrected chi connectivity index (χ0v) is 19.3. The molecule has 33 heavy (non-hydrogen) atoms. The highest BCUT2D eigenvalue weighted by molar-refractivity contribution is 6.15. The normalized spacial score (nSPS) is 24.5. The van der Waals surface area contributed by atoms with E-state index in [1.54, 1.807) is 11.8 Å². The number of carbonyl (C=O) groups excluding carboxylic acids is 1. The second-order valence-corrected chi connectivity index (χ2v) is 9.55. The predicted molar refractivity (Wildman–Crippen MR) is 121 cm³/mol. The molecule has 174 valence electrons. The lowest BCUT2D eigenvalue weighted by molar-refractivity contribution is 0.0619. The van der Waals surface area contributed by atoms with E-state index in [1.807, 2.05) is 6.92 Å². The monoisotopic (exact) mass is 454 g/mol. The summed E-state index contributed by atoms with van der Waals surface area (Å²) < 4.78 is 33.4. The summed E-state index contributed by atoms with van der Waals surface area (Å²) >= 11 is 0. The lowest BCUT2D eigenvalue weighted by Gasteiger charge is -2.41. The third kappa shape index (κ3) is 3.34. The van der Waals surface area contributed by atoms with Crippen LogP contribution in [0.2, 0.25) is 0 Å². The number of aryl methyl sites for hydroxylation is 1. The number of nitrogens with one attached hydrogen (secondary N) is 2. The fourth-order valence-corrected chi connectivity index (χ4v) is 5.66. The van der Waals surface area contributed by atoms with E-state index in [-0.39, 0.29) is 34.2 Å². The molecule has 2 saturated carbocycles. The first kappa shape index (κ1) is 23.0. The lowest BCUT2D eigenvalue weighted by atomic mass is 9.68. The molecule has 2 aliphatic rings. The molecule has 2 fully saturated rings. The Morgan fingerprint density at radius 3 is 2.58 bits per heavy atom. The Kier molecular flexibility index (Phi) is 5.58. The van der Waals surface area contributed by atoms with Crippen LogP contribution in [-0.2, 0) is 0 Å². The average molecular weight is 455 g/mol. The minimum absolute atomic E-state index is 0.0391. The Morgan fingerprint density at radius 2 is 2.00 bits per heavy atom. The maximum atomic E-state index is 14.2. The fourth-order valence-electron chi connectivity index (χ4n) is 5.66. The van der Waals surface area contributed by atoms with E-state index in [0.29, 0.717) is 29.9 Å². The summed E-state index contributed by atoms with van der Waals surface area (Å²) in [5.74, 6) is -1.89. The molecule has 0 aliphatic heterocycles. The molecule has 2 N–H and O–H groups in total. The molecule has 0 unspecified atom stereocenters. The summed E-state index contributed by atoms with van der Waals surface area (Å²) in [5, 5.41) is 21.3. The first-order chi connectivity index (χ1) is 15.5. The van der Waals surface area contributed by atoms with Crippen LogP contribution in [0.3, 0.4) is 0 Å². The summed E-state index contributed by atoms with van der Waals surface area (Å²) in [7, 11) is 0. The quantitative estimate of drug-likeness (QED) is 0.590. The van der Waals surface area contributed by atoms with Crippen LogP contribution < -0.4 is 0 Å². The van der Waals surface area contributed by atoms with Crippen molar-refractivity contribution in [1.82, 2.24) is 10.1 Å². The van der Waals surface area contributed by atoms with Crippen LogP contribution in [0.25, 0.3) is 0 Å². The smallest absolute Gasteiger partial charge is 0.276 e. The second kappa shape index (κ2) is 8.01. The van der Waals surface area contributed by atoms with Gasteiger partial charge in [0.05, 0.1) is 11.3 Å². The molecule has 1 heterocycles. The topological polar surface area (TPSA) is 94.0 Å². The van der Waals surface area contributed by atoms with Crippen LogP contribution in [0, 0.1) is 46.1 Å². The highest BCUT2D eigenvalue weighted by Crippen LogP contribution is 2.66. The van der Waals surface area contributed by atoms with Gasteiger partial charge in [-0.15, -0.1) is 0 Å². The van der Waals surface area contributed by atoms with E-state index in [4.69, 9.17) is 15.3 Å². The van der Waals surface area contributed by atoms with Gasteiger partial charge in [0.25, 0.3) is 5.91 Å². The molecule has 2 bridgehead atoms. The summed E-state index contributed by atoms with van der Waals surface area (Å²) in [6, 6.07) is 3.51. The number of halogens is 2. The molecule has 1 amide bonds. The van der Waals surface area contributed by atoms with Gasteiger partial charge in [0.15, 0.2) is 5.69 Å². The van der Waals surface area contributed by atoms with Crippen molar-refractivity contribution in [1.29, 1.82) is 10.8 Å². The molecule has 1 aromatic heterocycles. The molecule has 0 saturated heterocycles. The number of rotatable bonds is 6. The standard InChI is InChI=1S/C25H28F2N4O2/c1-5-31(23(32)21-14(2)12-33-30-21)13-25-10-9-16(24(25,3)4)15(22(25)29)11-19(28)20-17(26)7-6-8-18(20)27/h6-8,11-12,16,28-29H,5,9-10,13H2,1-4H3/b15-11-,28-19?,29-22?/t16-,25-/m0/s1. The highest BCUT2D eigenvalue weighted by Gasteiger charge is 2.65. The molecule has 2 aliphatic carbocycles. The van der Waals surface area contributed by atoms with Gasteiger partial charge in [-0.2, -0.15) is 0 Å². The Bertz CT molecular complexity index is 1160. The van der Waals surface area contributed by atoms with Gasteiger partial charge in [0.2, 0.25) is 0 Å². The summed E-state index contributed by atoms with van der Waals surface area (Å²) in [4.78, 5) is 14.8. The number of amides is 1. The van der Waals surface area contributed by atoms with Crippen molar-refractivity contribution in [3.63, 3.8) is 0 Å². The van der Waals surface area contributed by atoms with Crippen molar-refractivity contribution >= 4 is 17.3 Å². The minimum Gasteiger partial charge on any atom is -0.364 e. The van der Waals surface area contributed by atoms with Gasteiger partial charge in [-0.05, 0) is 61.8 Å². The van der Waals surface area contributed by atoms with Gasteiger partial charge in [0, 0.05) is 29.8 Å². The number of carbonyl (C=O) groups is 1. The predicted octanol–water partition coefficient (Wildman–Crippen LogP) is 5.17. The molecule has 1 aromatic carbocycles. The number of hydrogen-bond acceptors (Lipinski definition) is 5. The maximum absolute atomic E-state index is 14.2. The van der Waals surface area contributed by atoms with Crippen molar-refractivity contribution in [2.45, 2.75) is 40.5 Å². The molecular formula is C25H28F2N4O2. The largest absolute Gasteiger partial charge is 0.364 e. The van der Waals surface area contributed by atoms with Gasteiger partial charge in [0.1, 0.15) is 17.9 Å². The van der Waals surface area contributed by atoms with E-state index in [1.165, 1.54) is 18.4 Å². The van der Waals surface area contributed by atoms with Crippen molar-refractivity contribution in [3.05, 3.63) is 64.6 Å². The number of fused-ring (bicyclic) bond motifs is 2. The van der Waals surface area contributed by atoms with Gasteiger partial charge >= 0.3 is 0 Å². The molecule has 4 rings (SSSR count). The van der Waals surface area contributed by atoms with Crippen LogP contribution in [0.4, 0.5) is 8.78 Å². The first-order valence-corrected chi connectivity index (χ1v) is 11.1. The number of hydrogen-bond donors (Lipinski definition) is 2. The Balaban J connectivity index is 1.69. The van der Waals surface area contributed by atoms with E-state index in [2.05, 4.69) is 19.0 Å². The number of aromatic nitrogens is 1. The zero-order valence-electron chi connectivity index (χ0n) is 19.3. The van der Waals surface area contributed by atoms with Gasteiger partial charge in [-0.25, -0.2) is 8.78 Å².